The summed E-state index contributed by atoms with van der Waals surface area (Å²) in [7, 11) is 0. The van der Waals surface area contributed by atoms with Crippen LogP contribution in [0.2, 0.25) is 0 Å². The molecular formula is C20H21N5O2. The highest BCUT2D eigenvalue weighted by Gasteiger charge is 2.32. The number of likely N-dealkylation sites (tertiary alicyclic amines) is 1. The molecule has 3 aromatic rings. The molecule has 27 heavy (non-hydrogen) atoms. The van der Waals surface area contributed by atoms with Gasteiger partial charge in [-0.3, -0.25) is 9.78 Å². The number of amides is 1. The van der Waals surface area contributed by atoms with Gasteiger partial charge >= 0.3 is 0 Å². The smallest absolute Gasteiger partial charge is 0.254 e. The summed E-state index contributed by atoms with van der Waals surface area (Å²) in [6.45, 7) is 2.46. The molecule has 7 nitrogen and oxygen atoms in total. The van der Waals surface area contributed by atoms with Crippen molar-refractivity contribution < 1.29 is 9.32 Å². The number of aryl methyl sites for hydroxylation is 1. The molecule has 1 aromatic carbocycles. The first-order valence-corrected chi connectivity index (χ1v) is 9.05. The minimum absolute atomic E-state index is 0.0314. The molecule has 4 rings (SSSR count). The van der Waals surface area contributed by atoms with Crippen molar-refractivity contribution in [3.63, 3.8) is 0 Å². The molecule has 0 unspecified atom stereocenters. The molecule has 1 aliphatic rings. The number of hydrogen-bond donors (Lipinski definition) is 1. The van der Waals surface area contributed by atoms with Gasteiger partial charge in [0.05, 0.1) is 11.4 Å². The molecule has 2 aromatic heterocycles. The number of carbonyl (C=O) groups excluding carboxylic acids is 1. The molecular weight excluding hydrogens is 342 g/mol. The van der Waals surface area contributed by atoms with Gasteiger partial charge in [0.1, 0.15) is 6.04 Å². The number of nitrogen functional groups attached to an aromatic ring is 1. The summed E-state index contributed by atoms with van der Waals surface area (Å²) in [6, 6.07) is 10.8. The van der Waals surface area contributed by atoms with E-state index in [9.17, 15) is 4.79 Å². The van der Waals surface area contributed by atoms with Gasteiger partial charge in [0.25, 0.3) is 5.91 Å². The van der Waals surface area contributed by atoms with Crippen LogP contribution < -0.4 is 5.73 Å². The van der Waals surface area contributed by atoms with Crippen molar-refractivity contribution in [2.45, 2.75) is 32.2 Å². The van der Waals surface area contributed by atoms with Crippen LogP contribution in [0.5, 0.6) is 0 Å². The van der Waals surface area contributed by atoms with E-state index in [4.69, 9.17) is 10.3 Å². The molecule has 1 fully saturated rings. The summed E-state index contributed by atoms with van der Waals surface area (Å²) < 4.78 is 5.33. The largest absolute Gasteiger partial charge is 0.397 e. The van der Waals surface area contributed by atoms with Crippen molar-refractivity contribution >= 4 is 11.6 Å². The van der Waals surface area contributed by atoms with E-state index >= 15 is 0 Å². The number of nitrogens with zero attached hydrogens (tertiary/aromatic N) is 4. The normalized spacial score (nSPS) is 17.1. The summed E-state index contributed by atoms with van der Waals surface area (Å²) in [4.78, 5) is 23.6. The van der Waals surface area contributed by atoms with Gasteiger partial charge in [-0.25, -0.2) is 0 Å². The first-order valence-electron chi connectivity index (χ1n) is 9.05. The highest BCUT2D eigenvalue weighted by atomic mass is 16.5. The lowest BCUT2D eigenvalue weighted by Crippen LogP contribution is -2.38. The molecule has 0 radical (unpaired) electrons. The highest BCUT2D eigenvalue weighted by Crippen LogP contribution is 2.31. The Morgan fingerprint density at radius 2 is 2.04 bits per heavy atom. The van der Waals surface area contributed by atoms with Gasteiger partial charge in [0.15, 0.2) is 5.82 Å². The predicted octanol–water partition coefficient (Wildman–Crippen LogP) is 3.39. The summed E-state index contributed by atoms with van der Waals surface area (Å²) in [5, 5.41) is 3.87. The van der Waals surface area contributed by atoms with E-state index in [1.807, 2.05) is 35.2 Å². The fraction of sp³-hybridized carbons (Fsp3) is 0.300. The van der Waals surface area contributed by atoms with Gasteiger partial charge < -0.3 is 15.2 Å². The van der Waals surface area contributed by atoms with Crippen LogP contribution in [0.1, 0.15) is 47.4 Å². The quantitative estimate of drug-likeness (QED) is 0.766. The zero-order valence-corrected chi connectivity index (χ0v) is 15.1. The lowest BCUT2D eigenvalue weighted by molar-refractivity contribution is 0.0561. The van der Waals surface area contributed by atoms with Crippen LogP contribution in [-0.4, -0.2) is 32.5 Å². The third kappa shape index (κ3) is 3.40. The maximum Gasteiger partial charge on any atom is 0.254 e. The molecule has 3 heterocycles. The number of nitrogens with two attached hydrogens (primary N) is 1. The fourth-order valence-corrected chi connectivity index (χ4v) is 3.48. The van der Waals surface area contributed by atoms with Crippen molar-refractivity contribution in [2.75, 3.05) is 12.3 Å². The second-order valence-corrected chi connectivity index (χ2v) is 6.71. The molecule has 1 atom stereocenters. The van der Waals surface area contributed by atoms with Gasteiger partial charge in [-0.1, -0.05) is 17.3 Å². The number of aromatic nitrogens is 3. The van der Waals surface area contributed by atoms with Gasteiger partial charge in [-0.05, 0) is 50.5 Å². The Hall–Kier alpha value is -3.22. The molecule has 0 saturated carbocycles. The first kappa shape index (κ1) is 17.2. The van der Waals surface area contributed by atoms with Crippen LogP contribution in [0.25, 0.3) is 11.3 Å². The average molecular weight is 363 g/mol. The van der Waals surface area contributed by atoms with E-state index in [0.717, 1.165) is 24.8 Å². The summed E-state index contributed by atoms with van der Waals surface area (Å²) in [5.41, 5.74) is 8.82. The lowest BCUT2D eigenvalue weighted by atomic mass is 10.00. The van der Waals surface area contributed by atoms with Gasteiger partial charge in [-0.2, -0.15) is 4.98 Å². The second-order valence-electron chi connectivity index (χ2n) is 6.71. The monoisotopic (exact) mass is 363 g/mol. The minimum atomic E-state index is -0.168. The highest BCUT2D eigenvalue weighted by molar-refractivity contribution is 5.95. The van der Waals surface area contributed by atoms with Crippen molar-refractivity contribution in [1.29, 1.82) is 0 Å². The van der Waals surface area contributed by atoms with Crippen molar-refractivity contribution in [1.82, 2.24) is 20.0 Å². The average Bonchev–Trinajstić information content (AvgIpc) is 3.14. The molecule has 138 valence electrons. The maximum absolute atomic E-state index is 13.1. The molecule has 0 bridgehead atoms. The first-order chi connectivity index (χ1) is 13.1. The van der Waals surface area contributed by atoms with Gasteiger partial charge in [0.2, 0.25) is 5.89 Å². The molecule has 2 N–H and O–H groups in total. The second kappa shape index (κ2) is 7.19. The van der Waals surface area contributed by atoms with E-state index < -0.39 is 0 Å². The Morgan fingerprint density at radius 3 is 2.74 bits per heavy atom. The molecule has 1 saturated heterocycles. The van der Waals surface area contributed by atoms with Crippen molar-refractivity contribution in [2.24, 2.45) is 0 Å². The van der Waals surface area contributed by atoms with Crippen LogP contribution in [-0.2, 0) is 0 Å². The number of anilines is 1. The van der Waals surface area contributed by atoms with Crippen LogP contribution in [0, 0.1) is 6.92 Å². The number of pyridine rings is 1. The van der Waals surface area contributed by atoms with Gasteiger partial charge in [0, 0.05) is 23.9 Å². The SMILES string of the molecule is Cc1noc([C@@H]2CCCCN2C(=O)c2ccc(-c3ncccc3N)cc2)n1. The topological polar surface area (TPSA) is 98.1 Å². The van der Waals surface area contributed by atoms with E-state index in [1.165, 1.54) is 0 Å². The lowest BCUT2D eigenvalue weighted by Gasteiger charge is -2.33. The number of hydrogen-bond acceptors (Lipinski definition) is 6. The molecule has 7 heteroatoms. The molecule has 1 amide bonds. The Bertz CT molecular complexity index is 951. The Balaban J connectivity index is 1.59. The molecule has 1 aliphatic heterocycles. The number of piperidine rings is 1. The molecule has 0 aliphatic carbocycles. The fourth-order valence-electron chi connectivity index (χ4n) is 3.48. The predicted molar refractivity (Wildman–Crippen MR) is 101 cm³/mol. The van der Waals surface area contributed by atoms with Crippen molar-refractivity contribution in [3.8, 4) is 11.3 Å². The van der Waals surface area contributed by atoms with E-state index in [1.54, 1.807) is 19.2 Å². The zero-order chi connectivity index (χ0) is 18.8. The standard InChI is InChI=1S/C20H21N5O2/c1-13-23-19(27-24-13)17-6-2-3-12-25(17)20(26)15-9-7-14(8-10-15)18-16(21)5-4-11-22-18/h4-5,7-11,17H,2-3,6,12,21H2,1H3/t17-/m0/s1. The van der Waals surface area contributed by atoms with E-state index in [2.05, 4.69) is 15.1 Å². The Kier molecular flexibility index (Phi) is 4.58. The number of carbonyl (C=O) groups is 1. The third-order valence-electron chi connectivity index (χ3n) is 4.84. The van der Waals surface area contributed by atoms with E-state index in [-0.39, 0.29) is 11.9 Å². The van der Waals surface area contributed by atoms with Crippen LogP contribution in [0.15, 0.2) is 47.1 Å². The van der Waals surface area contributed by atoms with Gasteiger partial charge in [-0.15, -0.1) is 0 Å². The third-order valence-corrected chi connectivity index (χ3v) is 4.84. The van der Waals surface area contributed by atoms with Crippen LogP contribution in [0.3, 0.4) is 0 Å². The summed E-state index contributed by atoms with van der Waals surface area (Å²) >= 11 is 0. The zero-order valence-electron chi connectivity index (χ0n) is 15.1. The summed E-state index contributed by atoms with van der Waals surface area (Å²) in [5.74, 6) is 1.06. The number of rotatable bonds is 3. The van der Waals surface area contributed by atoms with Crippen molar-refractivity contribution in [3.05, 3.63) is 59.9 Å². The van der Waals surface area contributed by atoms with E-state index in [0.29, 0.717) is 35.2 Å². The minimum Gasteiger partial charge on any atom is -0.397 e. The molecule has 0 spiro atoms. The number of benzene rings is 1. The van der Waals surface area contributed by atoms with Crippen LogP contribution >= 0.6 is 0 Å². The Labute approximate surface area is 157 Å². The maximum atomic E-state index is 13.1. The Morgan fingerprint density at radius 1 is 1.22 bits per heavy atom. The van der Waals surface area contributed by atoms with Crippen LogP contribution in [0.4, 0.5) is 5.69 Å². The summed E-state index contributed by atoms with van der Waals surface area (Å²) in [6.07, 6.45) is 4.54.